The number of rotatable bonds is 5. The molecule has 0 amide bonds. The quantitative estimate of drug-likeness (QED) is 0.432. The van der Waals surface area contributed by atoms with Crippen LogP contribution in [0.25, 0.3) is 16.7 Å². The number of allylic oxidation sites excluding steroid dienone is 1. The van der Waals surface area contributed by atoms with E-state index >= 15 is 0 Å². The third-order valence-corrected chi connectivity index (χ3v) is 5.28. The van der Waals surface area contributed by atoms with Gasteiger partial charge in [-0.1, -0.05) is 24.3 Å². The van der Waals surface area contributed by atoms with Gasteiger partial charge in [-0.2, -0.15) is 0 Å². The van der Waals surface area contributed by atoms with Crippen LogP contribution in [-0.4, -0.2) is 32.5 Å². The molecule has 0 saturated carbocycles. The van der Waals surface area contributed by atoms with E-state index in [0.717, 1.165) is 11.1 Å². The zero-order chi connectivity index (χ0) is 22.1. The normalized spacial score (nSPS) is 16.3. The van der Waals surface area contributed by atoms with Gasteiger partial charge in [0, 0.05) is 36.3 Å². The molecule has 1 aromatic heterocycles. The van der Waals surface area contributed by atoms with Crippen molar-refractivity contribution in [3.63, 3.8) is 0 Å². The van der Waals surface area contributed by atoms with Crippen molar-refractivity contribution in [1.29, 1.82) is 0 Å². The Morgan fingerprint density at radius 2 is 1.84 bits per heavy atom. The number of esters is 1. The van der Waals surface area contributed by atoms with Crippen LogP contribution in [0.5, 0.6) is 0 Å². The minimum absolute atomic E-state index is 0.319. The average molecular weight is 417 g/mol. The molecule has 6 nitrogen and oxygen atoms in total. The summed E-state index contributed by atoms with van der Waals surface area (Å²) in [6.07, 6.45) is -0.187. The minimum atomic E-state index is -0.872. The summed E-state index contributed by atoms with van der Waals surface area (Å²) in [7, 11) is 3.80. The Morgan fingerprint density at radius 3 is 2.55 bits per heavy atom. The predicted molar refractivity (Wildman–Crippen MR) is 119 cm³/mol. The lowest BCUT2D eigenvalue weighted by Gasteiger charge is -2.26. The summed E-state index contributed by atoms with van der Waals surface area (Å²) >= 11 is 0. The van der Waals surface area contributed by atoms with Gasteiger partial charge in [0.2, 0.25) is 0 Å². The number of nitrogens with zero attached hydrogens (tertiary/aromatic N) is 1. The molecule has 158 valence electrons. The Kier molecular flexibility index (Phi) is 5.38. The van der Waals surface area contributed by atoms with Gasteiger partial charge in [0.15, 0.2) is 23.9 Å². The summed E-state index contributed by atoms with van der Waals surface area (Å²) in [6, 6.07) is 16.6. The summed E-state index contributed by atoms with van der Waals surface area (Å²) in [5, 5.41) is 0.911. The Balaban J connectivity index is 1.73. The van der Waals surface area contributed by atoms with Gasteiger partial charge in [0.05, 0.1) is 5.56 Å². The molecule has 0 aliphatic carbocycles. The number of para-hydroxylation sites is 1. The molecular weight excluding hydrogens is 394 g/mol. The SMILES string of the molecule is CC1=C(c2cc3ccccc3o2)OC(C=O)C(C)=C1OC(=O)c1cccc(N(C)C)c1. The van der Waals surface area contributed by atoms with Gasteiger partial charge in [0.1, 0.15) is 11.3 Å². The molecule has 0 bridgehead atoms. The molecule has 0 spiro atoms. The molecule has 0 radical (unpaired) electrons. The van der Waals surface area contributed by atoms with Gasteiger partial charge in [-0.05, 0) is 44.2 Å². The highest BCUT2D eigenvalue weighted by Crippen LogP contribution is 2.37. The molecule has 2 aromatic carbocycles. The lowest BCUT2D eigenvalue weighted by molar-refractivity contribution is -0.113. The minimum Gasteiger partial charge on any atom is -0.474 e. The second kappa shape index (κ2) is 8.14. The fourth-order valence-corrected chi connectivity index (χ4v) is 3.52. The third-order valence-electron chi connectivity index (χ3n) is 5.28. The van der Waals surface area contributed by atoms with Crippen LogP contribution in [0.15, 0.2) is 75.9 Å². The van der Waals surface area contributed by atoms with Crippen molar-refractivity contribution in [3.05, 3.63) is 82.8 Å². The van der Waals surface area contributed by atoms with Crippen molar-refractivity contribution in [1.82, 2.24) is 0 Å². The van der Waals surface area contributed by atoms with Crippen LogP contribution < -0.4 is 4.90 Å². The Morgan fingerprint density at radius 1 is 1.06 bits per heavy atom. The number of benzene rings is 2. The average Bonchev–Trinajstić information content (AvgIpc) is 3.20. The smallest absolute Gasteiger partial charge is 0.343 e. The van der Waals surface area contributed by atoms with Gasteiger partial charge in [-0.15, -0.1) is 0 Å². The number of ether oxygens (including phenoxy) is 2. The van der Waals surface area contributed by atoms with Gasteiger partial charge in [0.25, 0.3) is 0 Å². The van der Waals surface area contributed by atoms with Crippen LogP contribution >= 0.6 is 0 Å². The second-order valence-corrected chi connectivity index (χ2v) is 7.62. The molecule has 1 atom stereocenters. The number of furan rings is 1. The van der Waals surface area contributed by atoms with Crippen LogP contribution in [0.1, 0.15) is 30.0 Å². The fraction of sp³-hybridized carbons (Fsp3) is 0.200. The van der Waals surface area contributed by atoms with E-state index < -0.39 is 12.1 Å². The first-order chi connectivity index (χ1) is 14.9. The van der Waals surface area contributed by atoms with E-state index in [0.29, 0.717) is 45.9 Å². The number of fused-ring (bicyclic) bond motifs is 1. The van der Waals surface area contributed by atoms with Crippen molar-refractivity contribution in [3.8, 4) is 0 Å². The zero-order valence-corrected chi connectivity index (χ0v) is 17.8. The topological polar surface area (TPSA) is 69.0 Å². The summed E-state index contributed by atoms with van der Waals surface area (Å²) in [4.78, 5) is 26.5. The van der Waals surface area contributed by atoms with E-state index in [1.54, 1.807) is 32.0 Å². The van der Waals surface area contributed by atoms with E-state index in [1.807, 2.05) is 55.4 Å². The van der Waals surface area contributed by atoms with Crippen molar-refractivity contribution in [2.24, 2.45) is 0 Å². The molecular formula is C25H23NO5. The lowest BCUT2D eigenvalue weighted by Crippen LogP contribution is -2.24. The lowest BCUT2D eigenvalue weighted by atomic mass is 10.0. The number of anilines is 1. The number of carbonyl (C=O) groups is 2. The Hall–Kier alpha value is -3.80. The molecule has 4 rings (SSSR count). The van der Waals surface area contributed by atoms with Crippen LogP contribution in [0.2, 0.25) is 0 Å². The second-order valence-electron chi connectivity index (χ2n) is 7.62. The number of hydrogen-bond donors (Lipinski definition) is 0. The molecule has 1 aliphatic rings. The predicted octanol–water partition coefficient (Wildman–Crippen LogP) is 4.96. The molecule has 0 N–H and O–H groups in total. The first-order valence-corrected chi connectivity index (χ1v) is 9.91. The van der Waals surface area contributed by atoms with Gasteiger partial charge >= 0.3 is 5.97 Å². The number of aldehydes is 1. The van der Waals surface area contributed by atoms with Gasteiger partial charge < -0.3 is 18.8 Å². The highest BCUT2D eigenvalue weighted by Gasteiger charge is 2.31. The molecule has 0 fully saturated rings. The Labute approximate surface area is 180 Å². The zero-order valence-electron chi connectivity index (χ0n) is 17.8. The maximum atomic E-state index is 12.9. The van der Waals surface area contributed by atoms with E-state index in [2.05, 4.69) is 0 Å². The fourth-order valence-electron chi connectivity index (χ4n) is 3.52. The van der Waals surface area contributed by atoms with Crippen LogP contribution in [-0.2, 0) is 14.3 Å². The van der Waals surface area contributed by atoms with Crippen molar-refractivity contribution < 1.29 is 23.5 Å². The summed E-state index contributed by atoms with van der Waals surface area (Å²) in [5.74, 6) is 0.664. The van der Waals surface area contributed by atoms with Crippen molar-refractivity contribution in [2.45, 2.75) is 20.0 Å². The van der Waals surface area contributed by atoms with E-state index in [-0.39, 0.29) is 0 Å². The number of carbonyl (C=O) groups excluding carboxylic acids is 2. The van der Waals surface area contributed by atoms with Gasteiger partial charge in [-0.25, -0.2) is 4.79 Å². The third kappa shape index (κ3) is 3.84. The van der Waals surface area contributed by atoms with Gasteiger partial charge in [-0.3, -0.25) is 4.79 Å². The molecule has 2 heterocycles. The monoisotopic (exact) mass is 417 g/mol. The van der Waals surface area contributed by atoms with Crippen LogP contribution in [0.4, 0.5) is 5.69 Å². The maximum absolute atomic E-state index is 12.9. The molecule has 0 saturated heterocycles. The van der Waals surface area contributed by atoms with E-state index in [9.17, 15) is 9.59 Å². The molecule has 1 aliphatic heterocycles. The highest BCUT2D eigenvalue weighted by atomic mass is 16.5. The summed E-state index contributed by atoms with van der Waals surface area (Å²) in [5.41, 5.74) is 3.12. The van der Waals surface area contributed by atoms with E-state index in [4.69, 9.17) is 13.9 Å². The summed E-state index contributed by atoms with van der Waals surface area (Å²) in [6.45, 7) is 3.50. The number of hydrogen-bond acceptors (Lipinski definition) is 6. The highest BCUT2D eigenvalue weighted by molar-refractivity contribution is 5.92. The molecule has 3 aromatic rings. The van der Waals surface area contributed by atoms with Crippen molar-refractivity contribution >= 4 is 34.7 Å². The van der Waals surface area contributed by atoms with E-state index in [1.165, 1.54) is 0 Å². The largest absolute Gasteiger partial charge is 0.474 e. The van der Waals surface area contributed by atoms with Crippen molar-refractivity contribution in [2.75, 3.05) is 19.0 Å². The van der Waals surface area contributed by atoms with Crippen LogP contribution in [0.3, 0.4) is 0 Å². The standard InChI is InChI=1S/C25H23NO5/c1-15-22(14-27)30-24(21-13-17-8-5-6-11-20(17)29-21)16(2)23(15)31-25(28)18-9-7-10-19(12-18)26(3)4/h5-14,22H,1-4H3. The maximum Gasteiger partial charge on any atom is 0.343 e. The Bertz CT molecular complexity index is 1200. The first kappa shape index (κ1) is 20.5. The summed E-state index contributed by atoms with van der Waals surface area (Å²) < 4.78 is 17.6. The molecule has 6 heteroatoms. The first-order valence-electron chi connectivity index (χ1n) is 9.91. The molecule has 31 heavy (non-hydrogen) atoms. The van der Waals surface area contributed by atoms with Crippen LogP contribution in [0, 0.1) is 0 Å². The molecule has 1 unspecified atom stereocenters.